The molecule has 4 nitrogen and oxygen atoms in total. The number of carbonyl (C=O) groups is 2. The number of hydrogen-bond acceptors (Lipinski definition) is 2. The van der Waals surface area contributed by atoms with E-state index < -0.39 is 0 Å². The lowest BCUT2D eigenvalue weighted by Crippen LogP contribution is -2.37. The van der Waals surface area contributed by atoms with Gasteiger partial charge in [0.15, 0.2) is 0 Å². The average molecular weight is 330 g/mol. The summed E-state index contributed by atoms with van der Waals surface area (Å²) in [6.07, 6.45) is 1.01. The molecule has 2 N–H and O–H groups in total. The molecule has 1 fully saturated rings. The lowest BCUT2D eigenvalue weighted by molar-refractivity contribution is -0.122. The molecular formula is C11H11IN2O2. The lowest BCUT2D eigenvalue weighted by Gasteiger charge is -2.11. The van der Waals surface area contributed by atoms with Crippen molar-refractivity contribution >= 4 is 40.1 Å². The number of rotatable bonds is 2. The van der Waals surface area contributed by atoms with Crippen LogP contribution in [-0.2, 0) is 9.59 Å². The Morgan fingerprint density at radius 2 is 2.19 bits per heavy atom. The van der Waals surface area contributed by atoms with E-state index in [9.17, 15) is 9.59 Å². The molecule has 0 aliphatic carbocycles. The van der Waals surface area contributed by atoms with Crippen LogP contribution in [0.3, 0.4) is 0 Å². The van der Waals surface area contributed by atoms with Crippen LogP contribution in [0.5, 0.6) is 0 Å². The molecule has 2 amide bonds. The van der Waals surface area contributed by atoms with E-state index in [1.807, 2.05) is 24.3 Å². The zero-order valence-corrected chi connectivity index (χ0v) is 10.7. The number of hydrogen-bond donors (Lipinski definition) is 2. The summed E-state index contributed by atoms with van der Waals surface area (Å²) in [6, 6.07) is 7.16. The Labute approximate surface area is 107 Å². The molecule has 1 saturated heterocycles. The molecule has 0 bridgehead atoms. The molecule has 1 aromatic rings. The topological polar surface area (TPSA) is 58.2 Å². The SMILES string of the molecule is O=C1CC[C@@H](C(=O)Nc2ccccc2I)N1. The molecule has 1 atom stereocenters. The maximum atomic E-state index is 11.8. The first-order valence-corrected chi connectivity index (χ1v) is 6.09. The van der Waals surface area contributed by atoms with E-state index >= 15 is 0 Å². The minimum absolute atomic E-state index is 0.0529. The second-order valence-corrected chi connectivity index (χ2v) is 4.79. The molecule has 0 unspecified atom stereocenters. The van der Waals surface area contributed by atoms with Gasteiger partial charge in [-0.3, -0.25) is 9.59 Å². The zero-order chi connectivity index (χ0) is 11.5. The van der Waals surface area contributed by atoms with Gasteiger partial charge in [-0.25, -0.2) is 0 Å². The highest BCUT2D eigenvalue weighted by molar-refractivity contribution is 14.1. The number of benzene rings is 1. The van der Waals surface area contributed by atoms with E-state index in [-0.39, 0.29) is 17.9 Å². The summed E-state index contributed by atoms with van der Waals surface area (Å²) in [5.41, 5.74) is 0.786. The molecule has 84 valence electrons. The van der Waals surface area contributed by atoms with Gasteiger partial charge in [0, 0.05) is 9.99 Å². The maximum Gasteiger partial charge on any atom is 0.246 e. The quantitative estimate of drug-likeness (QED) is 0.808. The molecule has 0 aromatic heterocycles. The van der Waals surface area contributed by atoms with Gasteiger partial charge < -0.3 is 10.6 Å². The summed E-state index contributed by atoms with van der Waals surface area (Å²) >= 11 is 2.16. The highest BCUT2D eigenvalue weighted by atomic mass is 127. The largest absolute Gasteiger partial charge is 0.344 e. The van der Waals surface area contributed by atoms with Crippen LogP contribution in [0.2, 0.25) is 0 Å². The van der Waals surface area contributed by atoms with E-state index in [0.717, 1.165) is 9.26 Å². The number of carbonyl (C=O) groups excluding carboxylic acids is 2. The number of nitrogens with one attached hydrogen (secondary N) is 2. The summed E-state index contributed by atoms with van der Waals surface area (Å²) in [4.78, 5) is 22.8. The first kappa shape index (κ1) is 11.4. The van der Waals surface area contributed by atoms with E-state index in [4.69, 9.17) is 0 Å². The normalized spacial score (nSPS) is 19.3. The fourth-order valence-corrected chi connectivity index (χ4v) is 2.12. The van der Waals surface area contributed by atoms with Crippen molar-refractivity contribution in [3.05, 3.63) is 27.8 Å². The molecule has 1 aliphatic rings. The van der Waals surface area contributed by atoms with Crippen molar-refractivity contribution in [3.8, 4) is 0 Å². The first-order valence-electron chi connectivity index (χ1n) is 5.01. The van der Waals surface area contributed by atoms with Crippen molar-refractivity contribution < 1.29 is 9.59 Å². The van der Waals surface area contributed by atoms with Crippen LogP contribution in [-0.4, -0.2) is 17.9 Å². The smallest absolute Gasteiger partial charge is 0.246 e. The maximum absolute atomic E-state index is 11.8. The first-order chi connectivity index (χ1) is 7.66. The Morgan fingerprint density at radius 3 is 2.81 bits per heavy atom. The summed E-state index contributed by atoms with van der Waals surface area (Å²) in [5.74, 6) is -0.196. The molecule has 1 heterocycles. The van der Waals surface area contributed by atoms with Crippen LogP contribution in [0.25, 0.3) is 0 Å². The molecule has 1 aromatic carbocycles. The molecule has 2 rings (SSSR count). The van der Waals surface area contributed by atoms with Crippen molar-refractivity contribution in [1.82, 2.24) is 5.32 Å². The van der Waals surface area contributed by atoms with Gasteiger partial charge >= 0.3 is 0 Å². The Hall–Kier alpha value is -1.11. The molecule has 0 spiro atoms. The molecular weight excluding hydrogens is 319 g/mol. The zero-order valence-electron chi connectivity index (χ0n) is 8.50. The second kappa shape index (κ2) is 4.82. The number of anilines is 1. The third kappa shape index (κ3) is 2.52. The Kier molecular flexibility index (Phi) is 3.42. The third-order valence-corrected chi connectivity index (χ3v) is 3.38. The van der Waals surface area contributed by atoms with Crippen molar-refractivity contribution in [2.45, 2.75) is 18.9 Å². The van der Waals surface area contributed by atoms with E-state index in [1.165, 1.54) is 0 Å². The highest BCUT2D eigenvalue weighted by Crippen LogP contribution is 2.18. The fraction of sp³-hybridized carbons (Fsp3) is 0.273. The van der Waals surface area contributed by atoms with Gasteiger partial charge in [0.25, 0.3) is 0 Å². The predicted molar refractivity (Wildman–Crippen MR) is 69.0 cm³/mol. The Bertz CT molecular complexity index is 434. The number of halogens is 1. The van der Waals surface area contributed by atoms with Crippen molar-refractivity contribution in [2.75, 3.05) is 5.32 Å². The summed E-state index contributed by atoms with van der Waals surface area (Å²) < 4.78 is 0.984. The third-order valence-electron chi connectivity index (χ3n) is 2.44. The van der Waals surface area contributed by atoms with E-state index in [2.05, 4.69) is 33.2 Å². The van der Waals surface area contributed by atoms with Crippen LogP contribution in [0.1, 0.15) is 12.8 Å². The summed E-state index contributed by atoms with van der Waals surface area (Å²) in [5, 5.41) is 5.45. The fourth-order valence-electron chi connectivity index (χ4n) is 1.59. The summed E-state index contributed by atoms with van der Waals surface area (Å²) in [7, 11) is 0. The number of para-hydroxylation sites is 1. The molecule has 5 heteroatoms. The van der Waals surface area contributed by atoms with Crippen molar-refractivity contribution in [3.63, 3.8) is 0 Å². The van der Waals surface area contributed by atoms with Crippen LogP contribution >= 0.6 is 22.6 Å². The molecule has 0 radical (unpaired) electrons. The Morgan fingerprint density at radius 1 is 1.44 bits per heavy atom. The van der Waals surface area contributed by atoms with Crippen LogP contribution in [0.4, 0.5) is 5.69 Å². The minimum Gasteiger partial charge on any atom is -0.344 e. The monoisotopic (exact) mass is 330 g/mol. The van der Waals surface area contributed by atoms with E-state index in [1.54, 1.807) is 0 Å². The van der Waals surface area contributed by atoms with Crippen LogP contribution in [0.15, 0.2) is 24.3 Å². The minimum atomic E-state index is -0.386. The van der Waals surface area contributed by atoms with Crippen LogP contribution < -0.4 is 10.6 Å². The highest BCUT2D eigenvalue weighted by Gasteiger charge is 2.27. The standard InChI is InChI=1S/C11H11IN2O2/c12-7-3-1-2-4-8(7)14-11(16)9-5-6-10(15)13-9/h1-4,9H,5-6H2,(H,13,15)(H,14,16)/t9-/m0/s1. The molecule has 16 heavy (non-hydrogen) atoms. The van der Waals surface area contributed by atoms with Crippen LogP contribution in [0, 0.1) is 3.57 Å². The van der Waals surface area contributed by atoms with Gasteiger partial charge in [-0.2, -0.15) is 0 Å². The van der Waals surface area contributed by atoms with Gasteiger partial charge in [-0.1, -0.05) is 12.1 Å². The van der Waals surface area contributed by atoms with Crippen molar-refractivity contribution in [2.24, 2.45) is 0 Å². The predicted octanol–water partition coefficient (Wildman–Crippen LogP) is 1.51. The molecule has 1 aliphatic heterocycles. The molecule has 0 saturated carbocycles. The lowest BCUT2D eigenvalue weighted by atomic mass is 10.2. The van der Waals surface area contributed by atoms with E-state index in [0.29, 0.717) is 12.8 Å². The van der Waals surface area contributed by atoms with Gasteiger partial charge in [0.05, 0.1) is 5.69 Å². The average Bonchev–Trinajstić information content (AvgIpc) is 2.68. The van der Waals surface area contributed by atoms with Gasteiger partial charge in [0.2, 0.25) is 11.8 Å². The van der Waals surface area contributed by atoms with Crippen molar-refractivity contribution in [1.29, 1.82) is 0 Å². The number of amides is 2. The van der Waals surface area contributed by atoms with Gasteiger partial charge in [-0.15, -0.1) is 0 Å². The second-order valence-electron chi connectivity index (χ2n) is 3.63. The van der Waals surface area contributed by atoms with Gasteiger partial charge in [0.1, 0.15) is 6.04 Å². The Balaban J connectivity index is 2.03. The van der Waals surface area contributed by atoms with Gasteiger partial charge in [-0.05, 0) is 41.1 Å². The summed E-state index contributed by atoms with van der Waals surface area (Å²) in [6.45, 7) is 0.